The van der Waals surface area contributed by atoms with Crippen molar-refractivity contribution in [2.24, 2.45) is 0 Å². The Morgan fingerprint density at radius 3 is 2.88 bits per heavy atom. The molecule has 88 valence electrons. The van der Waals surface area contributed by atoms with E-state index in [2.05, 4.69) is 69.4 Å². The van der Waals surface area contributed by atoms with Crippen LogP contribution in [0.5, 0.6) is 0 Å². The zero-order chi connectivity index (χ0) is 11.8. The Bertz CT molecular complexity index is 536. The molecule has 0 radical (unpaired) electrons. The number of halogens is 1. The summed E-state index contributed by atoms with van der Waals surface area (Å²) in [7, 11) is 0. The van der Waals surface area contributed by atoms with Crippen molar-refractivity contribution >= 4 is 34.4 Å². The molecule has 3 rings (SSSR count). The van der Waals surface area contributed by atoms with E-state index in [1.807, 2.05) is 11.8 Å². The van der Waals surface area contributed by atoms with Crippen LogP contribution in [-0.2, 0) is 6.54 Å². The molecule has 2 aromatic rings. The number of alkyl halides is 1. The van der Waals surface area contributed by atoms with Crippen molar-refractivity contribution in [2.75, 3.05) is 4.43 Å². The van der Waals surface area contributed by atoms with E-state index >= 15 is 0 Å². The number of nitrogens with zero attached hydrogens (tertiary/aromatic N) is 2. The molecule has 1 atom stereocenters. The van der Waals surface area contributed by atoms with Gasteiger partial charge in [0.15, 0.2) is 5.16 Å². The van der Waals surface area contributed by atoms with Crippen LogP contribution >= 0.6 is 34.4 Å². The Labute approximate surface area is 119 Å². The lowest BCUT2D eigenvalue weighted by atomic mass is 10.1. The second-order valence-electron chi connectivity index (χ2n) is 4.20. The molecule has 0 N–H and O–H groups in total. The summed E-state index contributed by atoms with van der Waals surface area (Å²) in [5, 5.41) is 1.86. The van der Waals surface area contributed by atoms with Crippen molar-refractivity contribution in [3.8, 4) is 11.3 Å². The number of imidazole rings is 1. The molecular formula is C13H13IN2S. The Morgan fingerprint density at radius 2 is 2.18 bits per heavy atom. The van der Waals surface area contributed by atoms with Gasteiger partial charge in [-0.15, -0.1) is 0 Å². The van der Waals surface area contributed by atoms with Crippen molar-refractivity contribution in [3.05, 3.63) is 36.0 Å². The molecule has 1 aromatic carbocycles. The fourth-order valence-electron chi connectivity index (χ4n) is 2.24. The first-order valence-corrected chi connectivity index (χ1v) is 8.05. The summed E-state index contributed by atoms with van der Waals surface area (Å²) in [6.07, 6.45) is 0. The maximum absolute atomic E-state index is 4.69. The number of hydrogen-bond donors (Lipinski definition) is 0. The summed E-state index contributed by atoms with van der Waals surface area (Å²) in [5.74, 6) is 0. The van der Waals surface area contributed by atoms with Crippen LogP contribution in [0, 0.1) is 6.92 Å². The third kappa shape index (κ3) is 2.01. The molecule has 0 saturated carbocycles. The number of rotatable bonds is 2. The third-order valence-corrected chi connectivity index (χ3v) is 5.82. The molecule has 1 aliphatic rings. The second-order valence-corrected chi connectivity index (χ2v) is 6.35. The largest absolute Gasteiger partial charge is 0.318 e. The average Bonchev–Trinajstić information content (AvgIpc) is 2.86. The van der Waals surface area contributed by atoms with Crippen molar-refractivity contribution in [2.45, 2.75) is 23.9 Å². The van der Waals surface area contributed by atoms with Crippen LogP contribution in [0.1, 0.15) is 5.69 Å². The van der Waals surface area contributed by atoms with E-state index < -0.39 is 0 Å². The van der Waals surface area contributed by atoms with Crippen molar-refractivity contribution < 1.29 is 0 Å². The van der Waals surface area contributed by atoms with Gasteiger partial charge in [0.2, 0.25) is 0 Å². The highest BCUT2D eigenvalue weighted by Crippen LogP contribution is 2.38. The van der Waals surface area contributed by atoms with Crippen LogP contribution in [0.3, 0.4) is 0 Å². The maximum Gasteiger partial charge on any atom is 0.169 e. The van der Waals surface area contributed by atoms with Crippen LogP contribution in [0.2, 0.25) is 0 Å². The molecule has 0 spiro atoms. The Morgan fingerprint density at radius 1 is 1.41 bits per heavy atom. The summed E-state index contributed by atoms with van der Waals surface area (Å²) in [4.78, 5) is 4.69. The third-order valence-electron chi connectivity index (χ3n) is 2.98. The molecular weight excluding hydrogens is 343 g/mol. The fourth-order valence-corrected chi connectivity index (χ4v) is 4.12. The van der Waals surface area contributed by atoms with Gasteiger partial charge >= 0.3 is 0 Å². The van der Waals surface area contributed by atoms with E-state index in [1.54, 1.807) is 0 Å². The number of benzene rings is 1. The molecule has 1 aromatic heterocycles. The van der Waals surface area contributed by atoms with Gasteiger partial charge in [-0.3, -0.25) is 0 Å². The Hall–Kier alpha value is -0.490. The highest BCUT2D eigenvalue weighted by molar-refractivity contribution is 14.1. The van der Waals surface area contributed by atoms with Crippen LogP contribution < -0.4 is 0 Å². The van der Waals surface area contributed by atoms with Gasteiger partial charge < -0.3 is 4.57 Å². The van der Waals surface area contributed by atoms with Crippen molar-refractivity contribution in [1.29, 1.82) is 0 Å². The number of aryl methyl sites for hydroxylation is 1. The highest BCUT2D eigenvalue weighted by Gasteiger charge is 2.27. The first-order valence-electron chi connectivity index (χ1n) is 5.64. The molecule has 1 aliphatic heterocycles. The molecule has 0 fully saturated rings. The zero-order valence-corrected chi connectivity index (χ0v) is 12.5. The van der Waals surface area contributed by atoms with Crippen LogP contribution in [0.4, 0.5) is 0 Å². The molecule has 17 heavy (non-hydrogen) atoms. The summed E-state index contributed by atoms with van der Waals surface area (Å²) in [6, 6.07) is 10.6. The minimum atomic E-state index is 0.682. The number of fused-ring (bicyclic) bond motifs is 1. The van der Waals surface area contributed by atoms with Gasteiger partial charge in [-0.2, -0.15) is 0 Å². The predicted molar refractivity (Wildman–Crippen MR) is 80.9 cm³/mol. The van der Waals surface area contributed by atoms with Gasteiger partial charge in [-0.25, -0.2) is 4.98 Å². The van der Waals surface area contributed by atoms with Crippen LogP contribution in [0.25, 0.3) is 11.3 Å². The van der Waals surface area contributed by atoms with E-state index in [1.165, 1.54) is 20.8 Å². The van der Waals surface area contributed by atoms with E-state index in [-0.39, 0.29) is 0 Å². The Balaban J connectivity index is 2.08. The number of aromatic nitrogens is 2. The van der Waals surface area contributed by atoms with Gasteiger partial charge in [0, 0.05) is 21.8 Å². The molecule has 0 amide bonds. The summed E-state index contributed by atoms with van der Waals surface area (Å²) in [5.41, 5.74) is 3.71. The molecule has 1 unspecified atom stereocenters. The van der Waals surface area contributed by atoms with Gasteiger partial charge in [0.05, 0.1) is 11.4 Å². The zero-order valence-electron chi connectivity index (χ0n) is 9.56. The van der Waals surface area contributed by atoms with Crippen LogP contribution in [0.15, 0.2) is 35.5 Å². The van der Waals surface area contributed by atoms with E-state index in [0.717, 1.165) is 12.2 Å². The molecule has 0 bridgehead atoms. The standard InChI is InChI=1S/C13H13IN2S/c1-9-12(10-5-3-2-4-6-10)16-8-11(7-14)17-13(16)15-9/h2-6,11H,7-8H2,1H3. The van der Waals surface area contributed by atoms with Crippen LogP contribution in [-0.4, -0.2) is 19.2 Å². The van der Waals surface area contributed by atoms with Crippen molar-refractivity contribution in [3.63, 3.8) is 0 Å². The van der Waals surface area contributed by atoms with Crippen molar-refractivity contribution in [1.82, 2.24) is 9.55 Å². The smallest absolute Gasteiger partial charge is 0.169 e. The summed E-state index contributed by atoms with van der Waals surface area (Å²) < 4.78 is 3.55. The van der Waals surface area contributed by atoms with E-state index in [0.29, 0.717) is 5.25 Å². The quantitative estimate of drug-likeness (QED) is 0.602. The lowest BCUT2D eigenvalue weighted by molar-refractivity contribution is 0.681. The normalized spacial score (nSPS) is 18.4. The monoisotopic (exact) mass is 356 g/mol. The van der Waals surface area contributed by atoms with Gasteiger partial charge in [0.1, 0.15) is 0 Å². The number of hydrogen-bond acceptors (Lipinski definition) is 2. The van der Waals surface area contributed by atoms with Gasteiger partial charge in [-0.1, -0.05) is 64.7 Å². The minimum Gasteiger partial charge on any atom is -0.318 e. The molecule has 2 nitrogen and oxygen atoms in total. The molecule has 4 heteroatoms. The molecule has 0 saturated heterocycles. The lowest BCUT2D eigenvalue weighted by Gasteiger charge is -2.08. The molecule has 0 aliphatic carbocycles. The molecule has 2 heterocycles. The second kappa shape index (κ2) is 4.65. The highest BCUT2D eigenvalue weighted by atomic mass is 127. The fraction of sp³-hybridized carbons (Fsp3) is 0.308. The summed E-state index contributed by atoms with van der Waals surface area (Å²) >= 11 is 4.37. The lowest BCUT2D eigenvalue weighted by Crippen LogP contribution is -2.07. The van der Waals surface area contributed by atoms with E-state index in [4.69, 9.17) is 0 Å². The van der Waals surface area contributed by atoms with Gasteiger partial charge in [-0.05, 0) is 6.92 Å². The average molecular weight is 356 g/mol. The number of thioether (sulfide) groups is 1. The minimum absolute atomic E-state index is 0.682. The topological polar surface area (TPSA) is 17.8 Å². The first kappa shape index (κ1) is 11.6. The Kier molecular flexibility index (Phi) is 3.17. The van der Waals surface area contributed by atoms with Gasteiger partial charge in [0.25, 0.3) is 0 Å². The van der Waals surface area contributed by atoms with E-state index in [9.17, 15) is 0 Å². The summed E-state index contributed by atoms with van der Waals surface area (Å²) in [6.45, 7) is 3.20. The predicted octanol–water partition coefficient (Wildman–Crippen LogP) is 3.77. The maximum atomic E-state index is 4.69. The SMILES string of the molecule is Cc1nc2n(c1-c1ccccc1)CC(CI)S2. The first-order chi connectivity index (χ1) is 8.29.